The Hall–Kier alpha value is -1.60. The minimum atomic E-state index is -3.70. The van der Waals surface area contributed by atoms with Gasteiger partial charge in [0.25, 0.3) is 5.91 Å². The molecule has 136 valence electrons. The summed E-state index contributed by atoms with van der Waals surface area (Å²) in [4.78, 5) is 12.4. The van der Waals surface area contributed by atoms with Gasteiger partial charge in [0.1, 0.15) is 10.6 Å². The first-order valence-corrected chi connectivity index (χ1v) is 9.45. The van der Waals surface area contributed by atoms with Crippen molar-refractivity contribution >= 4 is 15.9 Å². The molecule has 1 aromatic rings. The molecule has 1 aromatic carbocycles. The van der Waals surface area contributed by atoms with Crippen LogP contribution in [0, 0.1) is 5.92 Å². The van der Waals surface area contributed by atoms with Crippen molar-refractivity contribution in [1.82, 2.24) is 9.62 Å². The molecule has 0 spiro atoms. The maximum Gasteiger partial charge on any atom is 0.251 e. The van der Waals surface area contributed by atoms with Crippen molar-refractivity contribution in [3.8, 4) is 5.75 Å². The van der Waals surface area contributed by atoms with E-state index in [0.29, 0.717) is 11.5 Å². The minimum Gasteiger partial charge on any atom is -0.495 e. The first-order chi connectivity index (χ1) is 11.1. The third kappa shape index (κ3) is 5.21. The van der Waals surface area contributed by atoms with Crippen molar-refractivity contribution in [2.75, 3.05) is 21.2 Å². The van der Waals surface area contributed by atoms with Gasteiger partial charge in [0.05, 0.1) is 7.11 Å². The molecular formula is C17H28N2O4S. The largest absolute Gasteiger partial charge is 0.495 e. The molecule has 0 aliphatic carbocycles. The van der Waals surface area contributed by atoms with Gasteiger partial charge in [-0.1, -0.05) is 13.8 Å². The second kappa shape index (κ2) is 8.48. The highest BCUT2D eigenvalue weighted by Gasteiger charge is 2.24. The van der Waals surface area contributed by atoms with Crippen LogP contribution in [-0.4, -0.2) is 45.9 Å². The average molecular weight is 356 g/mol. The third-order valence-corrected chi connectivity index (χ3v) is 5.58. The fourth-order valence-electron chi connectivity index (χ4n) is 2.18. The maximum absolute atomic E-state index is 12.4. The molecule has 6 nitrogen and oxygen atoms in total. The molecule has 0 saturated heterocycles. The number of hydrogen-bond donors (Lipinski definition) is 1. The molecule has 1 rings (SSSR count). The molecule has 0 aromatic heterocycles. The van der Waals surface area contributed by atoms with Crippen molar-refractivity contribution < 1.29 is 17.9 Å². The summed E-state index contributed by atoms with van der Waals surface area (Å²) in [5, 5.41) is 2.91. The normalized spacial score (nSPS) is 13.2. The van der Waals surface area contributed by atoms with E-state index in [1.165, 1.54) is 33.3 Å². The van der Waals surface area contributed by atoms with Crippen molar-refractivity contribution in [1.29, 1.82) is 0 Å². The van der Waals surface area contributed by atoms with Crippen molar-refractivity contribution in [3.05, 3.63) is 23.8 Å². The van der Waals surface area contributed by atoms with Gasteiger partial charge in [0.15, 0.2) is 0 Å². The second-order valence-electron chi connectivity index (χ2n) is 6.50. The lowest BCUT2D eigenvalue weighted by molar-refractivity contribution is 0.0937. The first-order valence-electron chi connectivity index (χ1n) is 8.01. The molecule has 24 heavy (non-hydrogen) atoms. The van der Waals surface area contributed by atoms with E-state index >= 15 is 0 Å². The predicted octanol–water partition coefficient (Wildman–Crippen LogP) is 2.50. The molecule has 0 radical (unpaired) electrons. The summed E-state index contributed by atoms with van der Waals surface area (Å²) in [6, 6.07) is 4.46. The van der Waals surface area contributed by atoms with Crippen LogP contribution in [0.5, 0.6) is 5.75 Å². The molecule has 0 heterocycles. The van der Waals surface area contributed by atoms with Gasteiger partial charge in [0.2, 0.25) is 10.0 Å². The lowest BCUT2D eigenvalue weighted by Gasteiger charge is -2.17. The Labute approximate surface area is 145 Å². The number of nitrogens with zero attached hydrogens (tertiary/aromatic N) is 1. The quantitative estimate of drug-likeness (QED) is 0.776. The van der Waals surface area contributed by atoms with E-state index in [9.17, 15) is 13.2 Å². The van der Waals surface area contributed by atoms with Gasteiger partial charge in [-0.05, 0) is 43.9 Å². The lowest BCUT2D eigenvalue weighted by Crippen LogP contribution is -2.33. The molecule has 1 N–H and O–H groups in total. The number of hydrogen-bond acceptors (Lipinski definition) is 4. The molecule has 0 aliphatic heterocycles. The van der Waals surface area contributed by atoms with Crippen LogP contribution in [0.4, 0.5) is 0 Å². The Bertz CT molecular complexity index is 669. The van der Waals surface area contributed by atoms with E-state index in [1.807, 2.05) is 6.92 Å². The highest BCUT2D eigenvalue weighted by Crippen LogP contribution is 2.27. The number of amides is 1. The van der Waals surface area contributed by atoms with E-state index in [4.69, 9.17) is 4.74 Å². The summed E-state index contributed by atoms with van der Waals surface area (Å²) in [6.45, 7) is 6.22. The zero-order valence-electron chi connectivity index (χ0n) is 15.3. The fraction of sp³-hybridized carbons (Fsp3) is 0.588. The standard InChI is InChI=1S/C17H28N2O4S/c1-12(2)7-8-13(3)18-17(20)14-9-10-15(23-6)16(11-14)24(21,22)19(4)5/h9-13H,7-8H2,1-6H3,(H,18,20). The number of methoxy groups -OCH3 is 1. The van der Waals surface area contributed by atoms with Crippen LogP contribution in [0.25, 0.3) is 0 Å². The Kier molecular flexibility index (Phi) is 7.23. The van der Waals surface area contributed by atoms with Crippen LogP contribution in [0.1, 0.15) is 44.0 Å². The van der Waals surface area contributed by atoms with Gasteiger partial charge in [0, 0.05) is 25.7 Å². The van der Waals surface area contributed by atoms with Gasteiger partial charge < -0.3 is 10.1 Å². The molecule has 0 aliphatic rings. The van der Waals surface area contributed by atoms with Crippen molar-refractivity contribution in [2.45, 2.75) is 44.6 Å². The van der Waals surface area contributed by atoms with Crippen LogP contribution >= 0.6 is 0 Å². The summed E-state index contributed by atoms with van der Waals surface area (Å²) in [5.74, 6) is 0.499. The Balaban J connectivity index is 3.03. The van der Waals surface area contributed by atoms with Crippen molar-refractivity contribution in [3.63, 3.8) is 0 Å². The third-order valence-electron chi connectivity index (χ3n) is 3.74. The summed E-state index contributed by atoms with van der Waals surface area (Å²) in [7, 11) is 0.583. The van der Waals surface area contributed by atoms with Gasteiger partial charge >= 0.3 is 0 Å². The highest BCUT2D eigenvalue weighted by atomic mass is 32.2. The Morgan fingerprint density at radius 2 is 1.83 bits per heavy atom. The number of rotatable bonds is 8. The van der Waals surface area contributed by atoms with Crippen LogP contribution in [-0.2, 0) is 10.0 Å². The van der Waals surface area contributed by atoms with Crippen LogP contribution < -0.4 is 10.1 Å². The predicted molar refractivity (Wildman–Crippen MR) is 94.9 cm³/mol. The van der Waals surface area contributed by atoms with E-state index in [0.717, 1.165) is 17.1 Å². The molecule has 1 atom stereocenters. The molecule has 1 unspecified atom stereocenters. The Morgan fingerprint density at radius 3 is 2.33 bits per heavy atom. The van der Waals surface area contributed by atoms with Gasteiger partial charge in [-0.2, -0.15) is 0 Å². The van der Waals surface area contributed by atoms with Gasteiger partial charge in [-0.15, -0.1) is 0 Å². The topological polar surface area (TPSA) is 75.7 Å². The van der Waals surface area contributed by atoms with E-state index in [1.54, 1.807) is 6.07 Å². The summed E-state index contributed by atoms with van der Waals surface area (Å²) in [5.41, 5.74) is 0.299. The molecule has 7 heteroatoms. The summed E-state index contributed by atoms with van der Waals surface area (Å²) in [6.07, 6.45) is 1.90. The molecule has 1 amide bonds. The number of nitrogens with one attached hydrogen (secondary N) is 1. The fourth-order valence-corrected chi connectivity index (χ4v) is 3.25. The molecule has 0 saturated carbocycles. The maximum atomic E-state index is 12.4. The number of ether oxygens (including phenoxy) is 1. The van der Waals surface area contributed by atoms with E-state index < -0.39 is 10.0 Å². The zero-order chi connectivity index (χ0) is 18.5. The lowest BCUT2D eigenvalue weighted by atomic mass is 10.0. The monoisotopic (exact) mass is 356 g/mol. The molecular weight excluding hydrogens is 328 g/mol. The summed E-state index contributed by atoms with van der Waals surface area (Å²) >= 11 is 0. The van der Waals surface area contributed by atoms with Crippen LogP contribution in [0.15, 0.2) is 23.1 Å². The number of sulfonamides is 1. The average Bonchev–Trinajstić information content (AvgIpc) is 2.51. The van der Waals surface area contributed by atoms with Gasteiger partial charge in [-0.3, -0.25) is 4.79 Å². The summed E-state index contributed by atoms with van der Waals surface area (Å²) < 4.78 is 31.0. The van der Waals surface area contributed by atoms with E-state index in [-0.39, 0.29) is 22.6 Å². The van der Waals surface area contributed by atoms with E-state index in [2.05, 4.69) is 19.2 Å². The highest BCUT2D eigenvalue weighted by molar-refractivity contribution is 7.89. The van der Waals surface area contributed by atoms with Crippen LogP contribution in [0.3, 0.4) is 0 Å². The minimum absolute atomic E-state index is 0.0162. The first kappa shape index (κ1) is 20.4. The van der Waals surface area contributed by atoms with Crippen molar-refractivity contribution in [2.24, 2.45) is 5.92 Å². The molecule has 0 bridgehead atoms. The SMILES string of the molecule is COc1ccc(C(=O)NC(C)CCC(C)C)cc1S(=O)(=O)N(C)C. The Morgan fingerprint density at radius 1 is 1.21 bits per heavy atom. The smallest absolute Gasteiger partial charge is 0.251 e. The van der Waals surface area contributed by atoms with Gasteiger partial charge in [-0.25, -0.2) is 12.7 Å². The second-order valence-corrected chi connectivity index (χ2v) is 8.62. The molecule has 0 fully saturated rings. The number of carbonyl (C=O) groups excluding carboxylic acids is 1. The zero-order valence-corrected chi connectivity index (χ0v) is 16.1. The van der Waals surface area contributed by atoms with Crippen LogP contribution in [0.2, 0.25) is 0 Å². The number of benzene rings is 1. The number of carbonyl (C=O) groups is 1.